The molecule has 0 aliphatic heterocycles. The summed E-state index contributed by atoms with van der Waals surface area (Å²) >= 11 is 0. The zero-order chi connectivity index (χ0) is 25.7. The first kappa shape index (κ1) is 34.0. The number of phosphoric ester groups is 1. The first-order chi connectivity index (χ1) is 16.1. The van der Waals surface area contributed by atoms with E-state index in [1.807, 2.05) is 21.1 Å². The summed E-state index contributed by atoms with van der Waals surface area (Å²) in [6.07, 6.45) is 16.5. The van der Waals surface area contributed by atoms with Crippen molar-refractivity contribution in [3.8, 4) is 0 Å². The van der Waals surface area contributed by atoms with Crippen LogP contribution in [-0.4, -0.2) is 85.7 Å². The van der Waals surface area contributed by atoms with E-state index in [9.17, 15) is 9.67 Å². The van der Waals surface area contributed by atoms with Crippen LogP contribution in [0.2, 0.25) is 0 Å². The molecule has 0 amide bonds. The molecule has 2 unspecified atom stereocenters. The molecule has 9 heteroatoms. The van der Waals surface area contributed by atoms with E-state index in [0.717, 1.165) is 19.4 Å². The molecule has 0 saturated heterocycles. The zero-order valence-electron chi connectivity index (χ0n) is 22.5. The van der Waals surface area contributed by atoms with Crippen LogP contribution in [0.3, 0.4) is 0 Å². The topological polar surface area (TPSA) is 105 Å². The van der Waals surface area contributed by atoms with E-state index in [2.05, 4.69) is 11.4 Å². The number of hydrogen-bond acceptors (Lipinski definition) is 5. The molecule has 0 radical (unpaired) electrons. The Bertz CT molecular complexity index is 496. The van der Waals surface area contributed by atoms with E-state index in [1.165, 1.54) is 70.6 Å². The summed E-state index contributed by atoms with van der Waals surface area (Å²) in [5.41, 5.74) is 0. The van der Waals surface area contributed by atoms with Crippen molar-refractivity contribution < 1.29 is 37.9 Å². The lowest BCUT2D eigenvalue weighted by Gasteiger charge is -2.35. The van der Waals surface area contributed by atoms with Crippen LogP contribution in [0.25, 0.3) is 0 Å². The highest BCUT2D eigenvalue weighted by molar-refractivity contribution is 7.46. The van der Waals surface area contributed by atoms with Crippen molar-refractivity contribution in [3.63, 3.8) is 0 Å². The van der Waals surface area contributed by atoms with Crippen LogP contribution in [0.5, 0.6) is 0 Å². The van der Waals surface area contributed by atoms with Gasteiger partial charge in [0, 0.05) is 26.2 Å². The molecule has 0 aliphatic rings. The van der Waals surface area contributed by atoms with E-state index in [-0.39, 0.29) is 19.3 Å². The fourth-order valence-corrected chi connectivity index (χ4v) is 4.17. The summed E-state index contributed by atoms with van der Waals surface area (Å²) in [7, 11) is 1.17. The van der Waals surface area contributed by atoms with Gasteiger partial charge in [-0.05, 0) is 12.8 Å². The number of phosphoric acid groups is 1. The van der Waals surface area contributed by atoms with E-state index < -0.39 is 13.9 Å². The Morgan fingerprint density at radius 3 is 1.68 bits per heavy atom. The predicted molar refractivity (Wildman–Crippen MR) is 138 cm³/mol. The minimum atomic E-state index is -4.53. The molecule has 0 aromatic carbocycles. The maximum absolute atomic E-state index is 11.0. The van der Waals surface area contributed by atoms with Gasteiger partial charge in [0.05, 0.1) is 33.9 Å². The molecule has 34 heavy (non-hydrogen) atoms. The summed E-state index contributed by atoms with van der Waals surface area (Å²) in [5.74, 6) is 0. The first-order valence-corrected chi connectivity index (χ1v) is 14.9. The molecule has 0 spiro atoms. The molecule has 2 atom stereocenters. The third-order valence-electron chi connectivity index (χ3n) is 6.10. The Kier molecular flexibility index (Phi) is 21.0. The van der Waals surface area contributed by atoms with Crippen LogP contribution in [0, 0.1) is 0 Å². The van der Waals surface area contributed by atoms with Gasteiger partial charge in [-0.25, -0.2) is 4.57 Å². The number of rotatable bonds is 25. The molecule has 3 N–H and O–H groups in total. The Morgan fingerprint density at radius 2 is 1.18 bits per heavy atom. The van der Waals surface area contributed by atoms with Gasteiger partial charge >= 0.3 is 7.82 Å². The van der Waals surface area contributed by atoms with Crippen molar-refractivity contribution in [1.82, 2.24) is 0 Å². The van der Waals surface area contributed by atoms with Gasteiger partial charge < -0.3 is 28.9 Å². The van der Waals surface area contributed by atoms with Crippen LogP contribution < -0.4 is 0 Å². The highest BCUT2D eigenvalue weighted by Crippen LogP contribution is 2.36. The summed E-state index contributed by atoms with van der Waals surface area (Å²) in [5, 5.41) is 10.2. The highest BCUT2D eigenvalue weighted by Gasteiger charge is 2.30. The van der Waals surface area contributed by atoms with Crippen LogP contribution in [0.1, 0.15) is 96.8 Å². The van der Waals surface area contributed by atoms with E-state index in [0.29, 0.717) is 24.1 Å². The molecular formula is C25H55NO7P+. The molecule has 0 aromatic heterocycles. The second-order valence-corrected chi connectivity index (χ2v) is 11.6. The Balaban J connectivity index is 3.54. The quantitative estimate of drug-likeness (QED) is 0.0893. The molecule has 0 heterocycles. The zero-order valence-corrected chi connectivity index (χ0v) is 23.4. The maximum atomic E-state index is 11.0. The average Bonchev–Trinajstić information content (AvgIpc) is 2.74. The van der Waals surface area contributed by atoms with Gasteiger partial charge in [0.25, 0.3) is 0 Å². The molecule has 0 aromatic rings. The van der Waals surface area contributed by atoms with E-state index in [4.69, 9.17) is 19.3 Å². The predicted octanol–water partition coefficient (Wildman–Crippen LogP) is 5.05. The second-order valence-electron chi connectivity index (χ2n) is 10.4. The number of quaternary nitrogens is 1. The van der Waals surface area contributed by atoms with Crippen molar-refractivity contribution in [1.29, 1.82) is 0 Å². The lowest BCUT2D eigenvalue weighted by Crippen LogP contribution is -2.49. The third kappa shape index (κ3) is 23.7. The number of hydrogen-bond donors (Lipinski definition) is 3. The lowest BCUT2D eigenvalue weighted by atomic mass is 10.1. The average molecular weight is 513 g/mol. The molecule has 0 aliphatic carbocycles. The lowest BCUT2D eigenvalue weighted by molar-refractivity contribution is -0.897. The molecular weight excluding hydrogens is 457 g/mol. The SMILES string of the molecule is CCCCCCCCCCCCCCOCCCOCC(O)CC(COP(=O)(O)O)[N+](C)(C)C. The summed E-state index contributed by atoms with van der Waals surface area (Å²) in [4.78, 5) is 17.8. The Hall–Kier alpha value is -0.0500. The van der Waals surface area contributed by atoms with Crippen molar-refractivity contribution in [2.75, 3.05) is 54.2 Å². The monoisotopic (exact) mass is 512 g/mol. The first-order valence-electron chi connectivity index (χ1n) is 13.4. The van der Waals surface area contributed by atoms with E-state index >= 15 is 0 Å². The normalized spacial score (nSPS) is 14.4. The number of nitrogens with zero attached hydrogens (tertiary/aromatic N) is 1. The summed E-state index contributed by atoms with van der Waals surface area (Å²) in [6.45, 7) is 4.29. The fourth-order valence-electron chi connectivity index (χ4n) is 3.80. The van der Waals surface area contributed by atoms with Gasteiger partial charge in [0.15, 0.2) is 0 Å². The Morgan fingerprint density at radius 1 is 0.706 bits per heavy atom. The molecule has 0 bridgehead atoms. The van der Waals surface area contributed by atoms with Gasteiger partial charge in [-0.3, -0.25) is 4.52 Å². The van der Waals surface area contributed by atoms with Crippen molar-refractivity contribution in [2.45, 2.75) is 109 Å². The molecule has 206 valence electrons. The number of ether oxygens (including phenoxy) is 2. The maximum Gasteiger partial charge on any atom is 0.469 e. The Labute approximate surface area is 209 Å². The van der Waals surface area contributed by atoms with Gasteiger partial charge in [0.1, 0.15) is 12.6 Å². The van der Waals surface area contributed by atoms with Crippen LogP contribution in [0.15, 0.2) is 0 Å². The summed E-state index contributed by atoms with van der Waals surface area (Å²) in [6, 6.07) is -0.259. The highest BCUT2D eigenvalue weighted by atomic mass is 31.2. The van der Waals surface area contributed by atoms with Crippen molar-refractivity contribution in [2.24, 2.45) is 0 Å². The van der Waals surface area contributed by atoms with Crippen molar-refractivity contribution in [3.05, 3.63) is 0 Å². The number of likely N-dealkylation sites (N-methyl/N-ethyl adjacent to an activating group) is 1. The standard InChI is InChI=1S/C25H54NO7P/c1-5-6-7-8-9-10-11-12-13-14-15-16-18-31-19-17-20-32-23-25(27)21-24(26(2,3)4)22-33-34(28,29)30/h24-25,27H,5-23H2,1-4H3,(H-,28,29,30)/p+1. The third-order valence-corrected chi connectivity index (χ3v) is 6.59. The van der Waals surface area contributed by atoms with Crippen LogP contribution in [-0.2, 0) is 18.6 Å². The van der Waals surface area contributed by atoms with Gasteiger partial charge in [-0.1, -0.05) is 77.6 Å². The molecule has 0 saturated carbocycles. The van der Waals surface area contributed by atoms with Crippen LogP contribution >= 0.6 is 7.82 Å². The summed E-state index contributed by atoms with van der Waals surface area (Å²) < 4.78 is 27.2. The number of aliphatic hydroxyl groups is 1. The minimum absolute atomic E-state index is 0.127. The fraction of sp³-hybridized carbons (Fsp3) is 1.00. The van der Waals surface area contributed by atoms with Gasteiger partial charge in [-0.2, -0.15) is 0 Å². The number of unbranched alkanes of at least 4 members (excludes halogenated alkanes) is 11. The van der Waals surface area contributed by atoms with Crippen molar-refractivity contribution >= 4 is 7.82 Å². The molecule has 8 nitrogen and oxygen atoms in total. The van der Waals surface area contributed by atoms with Crippen LogP contribution in [0.4, 0.5) is 0 Å². The van der Waals surface area contributed by atoms with Gasteiger partial charge in [-0.15, -0.1) is 0 Å². The largest absolute Gasteiger partial charge is 0.469 e. The number of aliphatic hydroxyl groups excluding tert-OH is 1. The van der Waals surface area contributed by atoms with Gasteiger partial charge in [0.2, 0.25) is 0 Å². The molecule has 0 fully saturated rings. The molecule has 0 rings (SSSR count). The second kappa shape index (κ2) is 21.1. The smallest absolute Gasteiger partial charge is 0.390 e. The minimum Gasteiger partial charge on any atom is -0.390 e. The van der Waals surface area contributed by atoms with E-state index in [1.54, 1.807) is 0 Å².